The molecular weight excluding hydrogens is 215 g/mol. The summed E-state index contributed by atoms with van der Waals surface area (Å²) in [4.78, 5) is 0. The Balaban J connectivity index is 1.91. The molecule has 0 bridgehead atoms. The van der Waals surface area contributed by atoms with Crippen molar-refractivity contribution in [3.8, 4) is 0 Å². The minimum absolute atomic E-state index is 0.167. The summed E-state index contributed by atoms with van der Waals surface area (Å²) in [6.07, 6.45) is 3.62. The second-order valence-electron chi connectivity index (χ2n) is 4.82. The lowest BCUT2D eigenvalue weighted by Gasteiger charge is -2.22. The van der Waals surface area contributed by atoms with Gasteiger partial charge >= 0.3 is 0 Å². The lowest BCUT2D eigenvalue weighted by Crippen LogP contribution is -2.32. The molecule has 3 heteroatoms. The van der Waals surface area contributed by atoms with Crippen LogP contribution in [0.4, 0.5) is 4.39 Å². The van der Waals surface area contributed by atoms with Crippen molar-refractivity contribution in [3.63, 3.8) is 0 Å². The first-order chi connectivity index (χ1) is 8.25. The molecule has 2 atom stereocenters. The zero-order valence-electron chi connectivity index (χ0n) is 10.4. The zero-order chi connectivity index (χ0) is 12.1. The molecule has 1 heterocycles. The first-order valence-electron chi connectivity index (χ1n) is 6.48. The van der Waals surface area contributed by atoms with E-state index in [9.17, 15) is 4.39 Å². The standard InChI is InChI=1S/C14H21FN2/c1-11(12-4-6-13(15)7-5-12)17-14-3-2-9-16-10-8-14/h4-7,11,14,16-17H,2-3,8-10H2,1H3/t11-,14?/m0/s1. The molecule has 1 aliphatic heterocycles. The van der Waals surface area contributed by atoms with Crippen LogP contribution in [0.25, 0.3) is 0 Å². The number of rotatable bonds is 3. The highest BCUT2D eigenvalue weighted by molar-refractivity contribution is 5.19. The second-order valence-corrected chi connectivity index (χ2v) is 4.82. The van der Waals surface area contributed by atoms with E-state index in [0.29, 0.717) is 12.1 Å². The van der Waals surface area contributed by atoms with Gasteiger partial charge in [0.05, 0.1) is 0 Å². The predicted octanol–water partition coefficient (Wildman–Crippen LogP) is 2.62. The fourth-order valence-corrected chi connectivity index (χ4v) is 2.39. The van der Waals surface area contributed by atoms with Gasteiger partial charge in [0.2, 0.25) is 0 Å². The molecule has 2 nitrogen and oxygen atoms in total. The van der Waals surface area contributed by atoms with Gasteiger partial charge in [-0.2, -0.15) is 0 Å². The van der Waals surface area contributed by atoms with E-state index < -0.39 is 0 Å². The Bertz CT molecular complexity index is 329. The van der Waals surface area contributed by atoms with Crippen LogP contribution in [-0.4, -0.2) is 19.1 Å². The molecule has 1 aliphatic rings. The molecular formula is C14H21FN2. The maximum atomic E-state index is 12.8. The number of halogens is 1. The van der Waals surface area contributed by atoms with Gasteiger partial charge in [0.25, 0.3) is 0 Å². The van der Waals surface area contributed by atoms with Crippen LogP contribution >= 0.6 is 0 Å². The molecule has 0 saturated carbocycles. The lowest BCUT2D eigenvalue weighted by molar-refractivity contribution is 0.421. The summed E-state index contributed by atoms with van der Waals surface area (Å²) in [6.45, 7) is 4.36. The van der Waals surface area contributed by atoms with Crippen molar-refractivity contribution in [3.05, 3.63) is 35.6 Å². The van der Waals surface area contributed by atoms with Crippen LogP contribution in [0.1, 0.15) is 37.8 Å². The van der Waals surface area contributed by atoms with Crippen molar-refractivity contribution in [2.24, 2.45) is 0 Å². The Morgan fingerprint density at radius 1 is 1.24 bits per heavy atom. The molecule has 2 rings (SSSR count). The van der Waals surface area contributed by atoms with E-state index in [-0.39, 0.29) is 5.82 Å². The molecule has 1 aromatic rings. The Kier molecular flexibility index (Phi) is 4.51. The number of hydrogen-bond donors (Lipinski definition) is 2. The van der Waals surface area contributed by atoms with Gasteiger partial charge in [-0.15, -0.1) is 0 Å². The summed E-state index contributed by atoms with van der Waals surface area (Å²) in [7, 11) is 0. The first-order valence-corrected chi connectivity index (χ1v) is 6.48. The van der Waals surface area contributed by atoms with E-state index in [0.717, 1.165) is 18.7 Å². The van der Waals surface area contributed by atoms with Crippen molar-refractivity contribution in [1.82, 2.24) is 10.6 Å². The highest BCUT2D eigenvalue weighted by Crippen LogP contribution is 2.16. The Hall–Kier alpha value is -0.930. The molecule has 1 saturated heterocycles. The van der Waals surface area contributed by atoms with Crippen LogP contribution in [0.3, 0.4) is 0 Å². The largest absolute Gasteiger partial charge is 0.317 e. The summed E-state index contributed by atoms with van der Waals surface area (Å²) in [5.41, 5.74) is 1.16. The normalized spacial score (nSPS) is 23.1. The summed E-state index contributed by atoms with van der Waals surface area (Å²) >= 11 is 0. The molecule has 0 amide bonds. The molecule has 0 aliphatic carbocycles. The third-order valence-electron chi connectivity index (χ3n) is 3.43. The lowest BCUT2D eigenvalue weighted by atomic mass is 10.0. The molecule has 0 spiro atoms. The molecule has 0 radical (unpaired) electrons. The van der Waals surface area contributed by atoms with Crippen molar-refractivity contribution in [2.75, 3.05) is 13.1 Å². The van der Waals surface area contributed by atoms with Gasteiger partial charge in [0.1, 0.15) is 5.82 Å². The van der Waals surface area contributed by atoms with Crippen LogP contribution in [-0.2, 0) is 0 Å². The highest BCUT2D eigenvalue weighted by Gasteiger charge is 2.14. The van der Waals surface area contributed by atoms with Crippen molar-refractivity contribution in [2.45, 2.75) is 38.3 Å². The summed E-state index contributed by atoms with van der Waals surface area (Å²) < 4.78 is 12.8. The van der Waals surface area contributed by atoms with Crippen molar-refractivity contribution in [1.29, 1.82) is 0 Å². The SMILES string of the molecule is C[C@H](NC1CCCNCC1)c1ccc(F)cc1. The van der Waals surface area contributed by atoms with Crippen LogP contribution in [0.5, 0.6) is 0 Å². The average Bonchev–Trinajstić information content (AvgIpc) is 2.58. The smallest absolute Gasteiger partial charge is 0.123 e. The Labute approximate surface area is 103 Å². The molecule has 94 valence electrons. The van der Waals surface area contributed by atoms with E-state index in [1.165, 1.54) is 31.4 Å². The maximum absolute atomic E-state index is 12.8. The third-order valence-corrected chi connectivity index (χ3v) is 3.43. The second kappa shape index (κ2) is 6.12. The fourth-order valence-electron chi connectivity index (χ4n) is 2.39. The Morgan fingerprint density at radius 2 is 2.00 bits per heavy atom. The molecule has 2 N–H and O–H groups in total. The topological polar surface area (TPSA) is 24.1 Å². The van der Waals surface area contributed by atoms with Crippen LogP contribution < -0.4 is 10.6 Å². The highest BCUT2D eigenvalue weighted by atomic mass is 19.1. The third kappa shape index (κ3) is 3.79. The van der Waals surface area contributed by atoms with Crippen LogP contribution in [0.15, 0.2) is 24.3 Å². The maximum Gasteiger partial charge on any atom is 0.123 e. The Morgan fingerprint density at radius 3 is 2.76 bits per heavy atom. The average molecular weight is 236 g/mol. The van der Waals surface area contributed by atoms with Gasteiger partial charge in [0, 0.05) is 12.1 Å². The van der Waals surface area contributed by atoms with E-state index in [1.54, 1.807) is 0 Å². The van der Waals surface area contributed by atoms with Gasteiger partial charge in [-0.1, -0.05) is 12.1 Å². The zero-order valence-corrected chi connectivity index (χ0v) is 10.4. The minimum Gasteiger partial charge on any atom is -0.317 e. The molecule has 17 heavy (non-hydrogen) atoms. The molecule has 1 aromatic carbocycles. The van der Waals surface area contributed by atoms with Crippen molar-refractivity contribution >= 4 is 0 Å². The molecule has 1 unspecified atom stereocenters. The first kappa shape index (κ1) is 12.5. The van der Waals surface area contributed by atoms with Gasteiger partial charge in [-0.3, -0.25) is 0 Å². The molecule has 1 fully saturated rings. The summed E-state index contributed by atoms with van der Waals surface area (Å²) in [5.74, 6) is -0.167. The fraction of sp³-hybridized carbons (Fsp3) is 0.571. The number of hydrogen-bond acceptors (Lipinski definition) is 2. The van der Waals surface area contributed by atoms with E-state index >= 15 is 0 Å². The van der Waals surface area contributed by atoms with E-state index in [4.69, 9.17) is 0 Å². The molecule has 0 aromatic heterocycles. The summed E-state index contributed by atoms with van der Waals surface area (Å²) in [6, 6.07) is 7.65. The number of nitrogens with one attached hydrogen (secondary N) is 2. The predicted molar refractivity (Wildman–Crippen MR) is 68.5 cm³/mol. The quantitative estimate of drug-likeness (QED) is 0.843. The van der Waals surface area contributed by atoms with Gasteiger partial charge in [-0.25, -0.2) is 4.39 Å². The monoisotopic (exact) mass is 236 g/mol. The summed E-state index contributed by atoms with van der Waals surface area (Å²) in [5, 5.41) is 7.04. The van der Waals surface area contributed by atoms with Gasteiger partial charge in [-0.05, 0) is 57.0 Å². The van der Waals surface area contributed by atoms with Gasteiger partial charge in [0.15, 0.2) is 0 Å². The van der Waals surface area contributed by atoms with E-state index in [2.05, 4.69) is 17.6 Å². The van der Waals surface area contributed by atoms with E-state index in [1.807, 2.05) is 12.1 Å². The van der Waals surface area contributed by atoms with Crippen molar-refractivity contribution < 1.29 is 4.39 Å². The van der Waals surface area contributed by atoms with Crippen LogP contribution in [0.2, 0.25) is 0 Å². The van der Waals surface area contributed by atoms with Crippen LogP contribution in [0, 0.1) is 5.82 Å². The number of benzene rings is 1. The van der Waals surface area contributed by atoms with Gasteiger partial charge < -0.3 is 10.6 Å². The minimum atomic E-state index is -0.167.